The van der Waals surface area contributed by atoms with Gasteiger partial charge in [0.1, 0.15) is 5.75 Å². The first-order valence-corrected chi connectivity index (χ1v) is 10.4. The highest BCUT2D eigenvalue weighted by Gasteiger charge is 2.35. The van der Waals surface area contributed by atoms with Gasteiger partial charge in [0.05, 0.1) is 19.1 Å². The molecule has 0 saturated carbocycles. The van der Waals surface area contributed by atoms with Crippen LogP contribution in [0.3, 0.4) is 0 Å². The molecular weight excluding hydrogens is 354 g/mol. The summed E-state index contributed by atoms with van der Waals surface area (Å²) >= 11 is 0. The van der Waals surface area contributed by atoms with E-state index in [4.69, 9.17) is 9.47 Å². The van der Waals surface area contributed by atoms with Crippen molar-refractivity contribution < 1.29 is 19.1 Å². The molecule has 1 aliphatic rings. The second kappa shape index (κ2) is 9.94. The van der Waals surface area contributed by atoms with Gasteiger partial charge in [0.2, 0.25) is 5.91 Å². The van der Waals surface area contributed by atoms with Gasteiger partial charge in [0.25, 0.3) is 0 Å². The van der Waals surface area contributed by atoms with Gasteiger partial charge >= 0.3 is 5.97 Å². The van der Waals surface area contributed by atoms with Crippen molar-refractivity contribution in [2.45, 2.75) is 60.3 Å². The van der Waals surface area contributed by atoms with Crippen molar-refractivity contribution in [1.29, 1.82) is 0 Å². The smallest absolute Gasteiger partial charge is 0.309 e. The Morgan fingerprint density at radius 1 is 1.18 bits per heavy atom. The molecule has 5 heteroatoms. The van der Waals surface area contributed by atoms with Crippen molar-refractivity contribution in [3.63, 3.8) is 0 Å². The Hall–Kier alpha value is -2.04. The van der Waals surface area contributed by atoms with Gasteiger partial charge in [-0.2, -0.15) is 0 Å². The minimum absolute atomic E-state index is 0.0712. The number of ether oxygens (including phenoxy) is 2. The van der Waals surface area contributed by atoms with E-state index in [1.165, 1.54) is 5.56 Å². The highest BCUT2D eigenvalue weighted by Crippen LogP contribution is 2.29. The van der Waals surface area contributed by atoms with Crippen molar-refractivity contribution in [2.24, 2.45) is 11.3 Å². The predicted molar refractivity (Wildman–Crippen MR) is 110 cm³/mol. The van der Waals surface area contributed by atoms with Gasteiger partial charge in [-0.15, -0.1) is 0 Å². The Labute approximate surface area is 169 Å². The average molecular weight is 390 g/mol. The lowest BCUT2D eigenvalue weighted by molar-refractivity contribution is -0.152. The quantitative estimate of drug-likeness (QED) is 0.492. The molecule has 0 aliphatic carbocycles. The topological polar surface area (TPSA) is 55.8 Å². The van der Waals surface area contributed by atoms with E-state index in [0.29, 0.717) is 39.1 Å². The summed E-state index contributed by atoms with van der Waals surface area (Å²) in [6.45, 7) is 12.2. The maximum atomic E-state index is 13.0. The zero-order valence-electron chi connectivity index (χ0n) is 18.0. The molecule has 2 rings (SSSR count). The van der Waals surface area contributed by atoms with Gasteiger partial charge in [-0.3, -0.25) is 9.59 Å². The molecule has 0 aromatic heterocycles. The van der Waals surface area contributed by atoms with Crippen molar-refractivity contribution in [3.05, 3.63) is 29.3 Å². The molecule has 1 aromatic carbocycles. The molecular formula is C23H35NO4. The van der Waals surface area contributed by atoms with E-state index >= 15 is 0 Å². The zero-order chi connectivity index (χ0) is 20.7. The number of piperidine rings is 1. The highest BCUT2D eigenvalue weighted by atomic mass is 16.5. The Morgan fingerprint density at radius 3 is 2.50 bits per heavy atom. The number of hydrogen-bond donors (Lipinski definition) is 0. The fourth-order valence-electron chi connectivity index (χ4n) is 3.67. The summed E-state index contributed by atoms with van der Waals surface area (Å²) in [6.07, 6.45) is 2.98. The lowest BCUT2D eigenvalue weighted by Gasteiger charge is -2.36. The first-order valence-electron chi connectivity index (χ1n) is 10.4. The number of carbonyl (C=O) groups is 2. The minimum atomic E-state index is -0.429. The van der Waals surface area contributed by atoms with Crippen LogP contribution in [-0.2, 0) is 14.3 Å². The van der Waals surface area contributed by atoms with E-state index < -0.39 is 5.41 Å². The third-order valence-corrected chi connectivity index (χ3v) is 5.53. The highest BCUT2D eigenvalue weighted by molar-refractivity contribution is 5.82. The van der Waals surface area contributed by atoms with E-state index in [1.54, 1.807) is 0 Å². The van der Waals surface area contributed by atoms with Crippen molar-refractivity contribution in [3.8, 4) is 5.75 Å². The first kappa shape index (κ1) is 22.3. The van der Waals surface area contributed by atoms with E-state index in [0.717, 1.165) is 24.2 Å². The number of likely N-dealkylation sites (tertiary alicyclic amines) is 1. The molecule has 1 saturated heterocycles. The zero-order valence-corrected chi connectivity index (χ0v) is 18.0. The average Bonchev–Trinajstić information content (AvgIpc) is 2.67. The fraction of sp³-hybridized carbons (Fsp3) is 0.652. The normalized spacial score (nSPS) is 15.4. The number of nitrogens with zero attached hydrogens (tertiary/aromatic N) is 1. The van der Waals surface area contributed by atoms with Gasteiger partial charge < -0.3 is 14.4 Å². The molecule has 0 radical (unpaired) electrons. The van der Waals surface area contributed by atoms with Crippen LogP contribution in [0.4, 0.5) is 0 Å². The summed E-state index contributed by atoms with van der Waals surface area (Å²) in [5.41, 5.74) is 1.88. The Morgan fingerprint density at radius 2 is 1.86 bits per heavy atom. The van der Waals surface area contributed by atoms with E-state index in [1.807, 2.05) is 32.6 Å². The van der Waals surface area contributed by atoms with Crippen LogP contribution < -0.4 is 4.74 Å². The van der Waals surface area contributed by atoms with Crippen molar-refractivity contribution in [1.82, 2.24) is 4.90 Å². The van der Waals surface area contributed by atoms with Gasteiger partial charge in [0.15, 0.2) is 0 Å². The summed E-state index contributed by atoms with van der Waals surface area (Å²) in [5, 5.41) is 0. The van der Waals surface area contributed by atoms with Crippen LogP contribution in [0.25, 0.3) is 0 Å². The third kappa shape index (κ3) is 5.98. The second-order valence-electron chi connectivity index (χ2n) is 8.42. The molecule has 0 spiro atoms. The molecule has 0 N–H and O–H groups in total. The summed E-state index contributed by atoms with van der Waals surface area (Å²) in [5.74, 6) is 0.891. The molecule has 5 nitrogen and oxygen atoms in total. The second-order valence-corrected chi connectivity index (χ2v) is 8.42. The Balaban J connectivity index is 1.78. The molecule has 1 fully saturated rings. The standard InChI is InChI=1S/C23H35NO4/c1-6-27-21(25)19-10-13-24(14-11-19)22(26)23(4,5)12-7-15-28-20-16-17(2)8-9-18(20)3/h8-9,16,19H,6-7,10-15H2,1-5H3. The van der Waals surface area contributed by atoms with Crippen LogP contribution in [0, 0.1) is 25.2 Å². The monoisotopic (exact) mass is 389 g/mol. The summed E-state index contributed by atoms with van der Waals surface area (Å²) < 4.78 is 11.0. The van der Waals surface area contributed by atoms with Crippen LogP contribution in [-0.4, -0.2) is 43.1 Å². The van der Waals surface area contributed by atoms with Crippen LogP contribution in [0.15, 0.2) is 18.2 Å². The van der Waals surface area contributed by atoms with Crippen LogP contribution >= 0.6 is 0 Å². The minimum Gasteiger partial charge on any atom is -0.493 e. The number of benzene rings is 1. The maximum absolute atomic E-state index is 13.0. The summed E-state index contributed by atoms with van der Waals surface area (Å²) in [4.78, 5) is 26.7. The van der Waals surface area contributed by atoms with Gasteiger partial charge in [-0.25, -0.2) is 0 Å². The Bertz CT molecular complexity index is 675. The van der Waals surface area contributed by atoms with Crippen LogP contribution in [0.2, 0.25) is 0 Å². The largest absolute Gasteiger partial charge is 0.493 e. The van der Waals surface area contributed by atoms with Crippen molar-refractivity contribution in [2.75, 3.05) is 26.3 Å². The summed E-state index contributed by atoms with van der Waals surface area (Å²) in [7, 11) is 0. The number of hydrogen-bond acceptors (Lipinski definition) is 4. The summed E-state index contributed by atoms with van der Waals surface area (Å²) in [6, 6.07) is 6.20. The number of rotatable bonds is 8. The maximum Gasteiger partial charge on any atom is 0.309 e. The first-order chi connectivity index (χ1) is 13.2. The number of aryl methyl sites for hydroxylation is 2. The van der Waals surface area contributed by atoms with Gasteiger partial charge in [-0.05, 0) is 63.6 Å². The fourth-order valence-corrected chi connectivity index (χ4v) is 3.67. The lowest BCUT2D eigenvalue weighted by atomic mass is 9.85. The number of esters is 1. The van der Waals surface area contributed by atoms with Gasteiger partial charge in [-0.1, -0.05) is 26.0 Å². The molecule has 0 atom stereocenters. The lowest BCUT2D eigenvalue weighted by Crippen LogP contribution is -2.46. The molecule has 156 valence electrons. The SMILES string of the molecule is CCOC(=O)C1CCN(C(=O)C(C)(C)CCCOc2cc(C)ccc2C)CC1. The van der Waals surface area contributed by atoms with E-state index in [9.17, 15) is 9.59 Å². The van der Waals surface area contributed by atoms with Gasteiger partial charge in [0, 0.05) is 18.5 Å². The number of amides is 1. The molecule has 1 aliphatic heterocycles. The van der Waals surface area contributed by atoms with E-state index in [2.05, 4.69) is 25.1 Å². The number of carbonyl (C=O) groups excluding carboxylic acids is 2. The molecule has 0 unspecified atom stereocenters. The third-order valence-electron chi connectivity index (χ3n) is 5.53. The molecule has 1 heterocycles. The Kier molecular flexibility index (Phi) is 7.90. The van der Waals surface area contributed by atoms with E-state index in [-0.39, 0.29) is 17.8 Å². The van der Waals surface area contributed by atoms with Crippen LogP contribution in [0.1, 0.15) is 57.6 Å². The predicted octanol–water partition coefficient (Wildman–Crippen LogP) is 4.29. The molecule has 0 bridgehead atoms. The molecule has 1 amide bonds. The van der Waals surface area contributed by atoms with Crippen molar-refractivity contribution >= 4 is 11.9 Å². The molecule has 1 aromatic rings. The van der Waals surface area contributed by atoms with Crippen LogP contribution in [0.5, 0.6) is 5.75 Å². The molecule has 28 heavy (non-hydrogen) atoms.